The summed E-state index contributed by atoms with van der Waals surface area (Å²) in [6.45, 7) is 4.66. The number of para-hydroxylation sites is 1. The Morgan fingerprint density at radius 1 is 0.724 bits per heavy atom. The number of hydrogen-bond acceptors (Lipinski definition) is 2. The fourth-order valence-electron chi connectivity index (χ4n) is 2.94. The van der Waals surface area contributed by atoms with E-state index < -0.39 is 17.2 Å². The van der Waals surface area contributed by atoms with Gasteiger partial charge in [-0.15, -0.1) is 0 Å². The quantitative estimate of drug-likeness (QED) is 0.425. The molecule has 0 unspecified atom stereocenters. The van der Waals surface area contributed by atoms with Crippen molar-refractivity contribution in [1.82, 2.24) is 0 Å². The van der Waals surface area contributed by atoms with Gasteiger partial charge in [0.2, 0.25) is 0 Å². The maximum absolute atomic E-state index is 12.7. The summed E-state index contributed by atoms with van der Waals surface area (Å²) in [7, 11) is 0. The summed E-state index contributed by atoms with van der Waals surface area (Å²) < 4.78 is 49.9. The molecular formula is C24H23F3O2. The largest absolute Gasteiger partial charge is 0.457 e. The van der Waals surface area contributed by atoms with Crippen LogP contribution < -0.4 is 4.74 Å². The van der Waals surface area contributed by atoms with Gasteiger partial charge >= 0.3 is 6.18 Å². The van der Waals surface area contributed by atoms with Crippen molar-refractivity contribution in [3.05, 3.63) is 95.6 Å². The lowest BCUT2D eigenvalue weighted by Gasteiger charge is -2.25. The number of halogens is 3. The van der Waals surface area contributed by atoms with Crippen LogP contribution in [0.1, 0.15) is 30.5 Å². The Bertz CT molecular complexity index is 917. The van der Waals surface area contributed by atoms with Crippen molar-refractivity contribution < 1.29 is 22.6 Å². The average Bonchev–Trinajstić information content (AvgIpc) is 2.68. The Morgan fingerprint density at radius 3 is 2.00 bits per heavy atom. The molecule has 0 atom stereocenters. The molecule has 152 valence electrons. The van der Waals surface area contributed by atoms with Crippen LogP contribution in [0, 0.1) is 0 Å². The lowest BCUT2D eigenvalue weighted by Crippen LogP contribution is -2.24. The summed E-state index contributed by atoms with van der Waals surface area (Å²) in [6, 6.07) is 22.4. The first-order chi connectivity index (χ1) is 13.7. The van der Waals surface area contributed by atoms with E-state index in [-0.39, 0.29) is 0 Å². The van der Waals surface area contributed by atoms with Crippen LogP contribution in [0.25, 0.3) is 0 Å². The van der Waals surface area contributed by atoms with Crippen LogP contribution in [0.15, 0.2) is 78.9 Å². The molecule has 3 aromatic carbocycles. The van der Waals surface area contributed by atoms with E-state index in [1.165, 1.54) is 12.1 Å². The molecule has 3 rings (SSSR count). The minimum Gasteiger partial charge on any atom is -0.457 e. The molecular weight excluding hydrogens is 377 g/mol. The normalized spacial score (nSPS) is 12.0. The van der Waals surface area contributed by atoms with Gasteiger partial charge in [-0.05, 0) is 47.5 Å². The van der Waals surface area contributed by atoms with E-state index >= 15 is 0 Å². The highest BCUT2D eigenvalue weighted by molar-refractivity contribution is 5.34. The number of hydrogen-bond donors (Lipinski definition) is 0. The lowest BCUT2D eigenvalue weighted by molar-refractivity contribution is -0.137. The van der Waals surface area contributed by atoms with Crippen LogP contribution >= 0.6 is 0 Å². The average molecular weight is 400 g/mol. The molecule has 3 aromatic rings. The van der Waals surface area contributed by atoms with Crippen molar-refractivity contribution in [3.63, 3.8) is 0 Å². The van der Waals surface area contributed by atoms with E-state index in [1.54, 1.807) is 0 Å². The van der Waals surface area contributed by atoms with E-state index in [9.17, 15) is 13.2 Å². The zero-order valence-corrected chi connectivity index (χ0v) is 16.4. The fraction of sp³-hybridized carbons (Fsp3) is 0.250. The monoisotopic (exact) mass is 400 g/mol. The minimum atomic E-state index is -4.33. The second-order valence-corrected chi connectivity index (χ2v) is 7.51. The molecule has 0 amide bonds. The van der Waals surface area contributed by atoms with Gasteiger partial charge < -0.3 is 9.47 Å². The van der Waals surface area contributed by atoms with Crippen molar-refractivity contribution in [1.29, 1.82) is 0 Å². The fourth-order valence-corrected chi connectivity index (χ4v) is 2.94. The first-order valence-electron chi connectivity index (χ1n) is 9.31. The van der Waals surface area contributed by atoms with E-state index in [2.05, 4.69) is 0 Å². The zero-order valence-electron chi connectivity index (χ0n) is 16.4. The van der Waals surface area contributed by atoms with Crippen molar-refractivity contribution in [2.75, 3.05) is 6.61 Å². The minimum absolute atomic E-state index is 0.377. The Labute approximate surface area is 168 Å². The van der Waals surface area contributed by atoms with Crippen LogP contribution in [-0.4, -0.2) is 6.61 Å². The summed E-state index contributed by atoms with van der Waals surface area (Å²) in [5.41, 5.74) is 0.698. The Kier molecular flexibility index (Phi) is 6.28. The molecule has 0 radical (unpaired) electrons. The van der Waals surface area contributed by atoms with Crippen molar-refractivity contribution in [3.8, 4) is 11.5 Å². The summed E-state index contributed by atoms with van der Waals surface area (Å²) in [5, 5.41) is 0. The molecule has 0 saturated heterocycles. The highest BCUT2D eigenvalue weighted by Gasteiger charge is 2.31. The molecule has 5 heteroatoms. The maximum atomic E-state index is 12.7. The molecule has 0 spiro atoms. The maximum Gasteiger partial charge on any atom is 0.416 e. The standard InChI is InChI=1S/C24H23F3O2/c1-23(2,19-11-13-20(14-12-19)24(25,26)27)17-28-16-18-7-6-10-22(15-18)29-21-8-4-3-5-9-21/h3-15H,16-17H2,1-2H3. The first-order valence-corrected chi connectivity index (χ1v) is 9.31. The van der Waals surface area contributed by atoms with Gasteiger partial charge in [-0.25, -0.2) is 0 Å². The van der Waals surface area contributed by atoms with Crippen molar-refractivity contribution in [2.24, 2.45) is 0 Å². The van der Waals surface area contributed by atoms with Gasteiger partial charge in [-0.3, -0.25) is 0 Å². The van der Waals surface area contributed by atoms with Gasteiger partial charge in [-0.1, -0.05) is 56.3 Å². The predicted octanol–water partition coefficient (Wildman–Crippen LogP) is 6.99. The zero-order chi connectivity index (χ0) is 20.9. The number of benzene rings is 3. The summed E-state index contributed by atoms with van der Waals surface area (Å²) in [4.78, 5) is 0. The van der Waals surface area contributed by atoms with Crippen LogP contribution in [0.4, 0.5) is 13.2 Å². The third-order valence-electron chi connectivity index (χ3n) is 4.60. The third-order valence-corrected chi connectivity index (χ3v) is 4.60. The Hall–Kier alpha value is -2.79. The molecule has 0 fully saturated rings. The van der Waals surface area contributed by atoms with E-state index in [4.69, 9.17) is 9.47 Å². The van der Waals surface area contributed by atoms with Gasteiger partial charge in [0.1, 0.15) is 11.5 Å². The first kappa shape index (κ1) is 20.9. The van der Waals surface area contributed by atoms with Gasteiger partial charge in [0.15, 0.2) is 0 Å². The predicted molar refractivity (Wildman–Crippen MR) is 107 cm³/mol. The molecule has 0 saturated carbocycles. The molecule has 0 aromatic heterocycles. The van der Waals surface area contributed by atoms with Crippen molar-refractivity contribution >= 4 is 0 Å². The van der Waals surface area contributed by atoms with Crippen LogP contribution in [0.5, 0.6) is 11.5 Å². The van der Waals surface area contributed by atoms with Crippen LogP contribution in [0.3, 0.4) is 0 Å². The number of rotatable bonds is 7. The summed E-state index contributed by atoms with van der Waals surface area (Å²) >= 11 is 0. The molecule has 0 aliphatic rings. The van der Waals surface area contributed by atoms with Gasteiger partial charge in [0.25, 0.3) is 0 Å². The van der Waals surface area contributed by atoms with E-state index in [1.807, 2.05) is 68.4 Å². The molecule has 0 bridgehead atoms. The Balaban J connectivity index is 1.58. The van der Waals surface area contributed by atoms with Crippen LogP contribution in [-0.2, 0) is 22.9 Å². The SMILES string of the molecule is CC(C)(COCc1cccc(Oc2ccccc2)c1)c1ccc(C(F)(F)F)cc1. The topological polar surface area (TPSA) is 18.5 Å². The second kappa shape index (κ2) is 8.70. The summed E-state index contributed by atoms with van der Waals surface area (Å²) in [6.07, 6.45) is -4.33. The van der Waals surface area contributed by atoms with Crippen LogP contribution in [0.2, 0.25) is 0 Å². The van der Waals surface area contributed by atoms with Crippen molar-refractivity contribution in [2.45, 2.75) is 32.0 Å². The highest BCUT2D eigenvalue weighted by atomic mass is 19.4. The number of ether oxygens (including phenoxy) is 2. The van der Waals surface area contributed by atoms with Gasteiger partial charge in [0.05, 0.1) is 18.8 Å². The molecule has 0 N–H and O–H groups in total. The molecule has 0 heterocycles. The molecule has 29 heavy (non-hydrogen) atoms. The van der Waals surface area contributed by atoms with E-state index in [0.717, 1.165) is 34.8 Å². The third kappa shape index (κ3) is 5.84. The number of alkyl halides is 3. The summed E-state index contributed by atoms with van der Waals surface area (Å²) in [5.74, 6) is 1.48. The lowest BCUT2D eigenvalue weighted by atomic mass is 9.85. The second-order valence-electron chi connectivity index (χ2n) is 7.51. The van der Waals surface area contributed by atoms with Gasteiger partial charge in [-0.2, -0.15) is 13.2 Å². The molecule has 0 aliphatic heterocycles. The Morgan fingerprint density at radius 2 is 1.34 bits per heavy atom. The van der Waals surface area contributed by atoms with E-state index in [0.29, 0.717) is 13.2 Å². The molecule has 0 aliphatic carbocycles. The van der Waals surface area contributed by atoms with Gasteiger partial charge in [0, 0.05) is 5.41 Å². The smallest absolute Gasteiger partial charge is 0.416 e. The molecule has 2 nitrogen and oxygen atoms in total. The highest BCUT2D eigenvalue weighted by Crippen LogP contribution is 2.32.